The zero-order valence-corrected chi connectivity index (χ0v) is 14.3. The molecule has 1 aromatic carbocycles. The number of rotatable bonds is 6. The molecule has 0 spiro atoms. The summed E-state index contributed by atoms with van der Waals surface area (Å²) in [5, 5.41) is 13.8. The number of carbonyl (C=O) groups excluding carboxylic acids is 3. The molecule has 2 fully saturated rings. The van der Waals surface area contributed by atoms with E-state index in [2.05, 4.69) is 5.32 Å². The summed E-state index contributed by atoms with van der Waals surface area (Å²) in [6.45, 7) is 0.386. The first-order valence-electron chi connectivity index (χ1n) is 8.74. The molecule has 4 rings (SSSR count). The van der Waals surface area contributed by atoms with Gasteiger partial charge in [0.2, 0.25) is 11.8 Å². The Bertz CT molecular complexity index is 866. The molecule has 1 aliphatic heterocycles. The third kappa shape index (κ3) is 2.66. The number of amides is 3. The van der Waals surface area contributed by atoms with E-state index in [1.165, 1.54) is 17.0 Å². The van der Waals surface area contributed by atoms with Gasteiger partial charge in [-0.2, -0.15) is 0 Å². The zero-order chi connectivity index (χ0) is 19.3. The number of hydrogen-bond acceptors (Lipinski definition) is 6. The van der Waals surface area contributed by atoms with E-state index in [-0.39, 0.29) is 59.8 Å². The molecule has 9 nitrogen and oxygen atoms in total. The molecule has 2 bridgehead atoms. The van der Waals surface area contributed by atoms with Gasteiger partial charge in [-0.15, -0.1) is 0 Å². The summed E-state index contributed by atoms with van der Waals surface area (Å²) in [5.41, 5.74) is 5.37. The Labute approximate surface area is 154 Å². The molecule has 27 heavy (non-hydrogen) atoms. The van der Waals surface area contributed by atoms with Crippen LogP contribution in [0.1, 0.15) is 16.8 Å². The molecule has 0 radical (unpaired) electrons. The number of nitrogens with zero attached hydrogens (tertiary/aromatic N) is 2. The third-order valence-corrected chi connectivity index (χ3v) is 5.69. The van der Waals surface area contributed by atoms with Gasteiger partial charge < -0.3 is 11.1 Å². The number of nitro groups is 1. The van der Waals surface area contributed by atoms with Crippen LogP contribution >= 0.6 is 0 Å². The van der Waals surface area contributed by atoms with Gasteiger partial charge in [-0.05, 0) is 24.3 Å². The van der Waals surface area contributed by atoms with Gasteiger partial charge in [-0.1, -0.05) is 12.2 Å². The standard InChI is InChI=1S/C18H18N4O5/c19-16(23)12-8-11(22(26)27)3-4-13(12)20-5-6-21-17(24)14-9-1-2-10(7-9)15(14)18(21)25/h1-4,8-10,14-15,20H,5-7H2,(H2,19,23)/t9-,10+,14-,15-/m0/s1. The highest BCUT2D eigenvalue weighted by Crippen LogP contribution is 2.52. The molecule has 0 unspecified atom stereocenters. The maximum atomic E-state index is 12.6. The fourth-order valence-corrected chi connectivity index (χ4v) is 4.49. The van der Waals surface area contributed by atoms with Crippen molar-refractivity contribution in [3.63, 3.8) is 0 Å². The fraction of sp³-hybridized carbons (Fsp3) is 0.389. The lowest BCUT2D eigenvalue weighted by molar-refractivity contribution is -0.384. The van der Waals surface area contributed by atoms with E-state index < -0.39 is 10.8 Å². The lowest BCUT2D eigenvalue weighted by Gasteiger charge is -2.18. The van der Waals surface area contributed by atoms with E-state index in [1.807, 2.05) is 12.2 Å². The molecule has 0 aromatic heterocycles. The van der Waals surface area contributed by atoms with Crippen LogP contribution in [-0.2, 0) is 9.59 Å². The lowest BCUT2D eigenvalue weighted by atomic mass is 9.85. The van der Waals surface area contributed by atoms with Crippen molar-refractivity contribution < 1.29 is 19.3 Å². The molecule has 1 saturated carbocycles. The van der Waals surface area contributed by atoms with Crippen molar-refractivity contribution in [3.05, 3.63) is 46.0 Å². The predicted molar refractivity (Wildman–Crippen MR) is 94.5 cm³/mol. The molecular weight excluding hydrogens is 352 g/mol. The van der Waals surface area contributed by atoms with E-state index >= 15 is 0 Å². The third-order valence-electron chi connectivity index (χ3n) is 5.69. The first-order valence-corrected chi connectivity index (χ1v) is 8.74. The summed E-state index contributed by atoms with van der Waals surface area (Å²) >= 11 is 0. The van der Waals surface area contributed by atoms with Gasteiger partial charge in [-0.25, -0.2) is 0 Å². The smallest absolute Gasteiger partial charge is 0.270 e. The summed E-state index contributed by atoms with van der Waals surface area (Å²) in [6, 6.07) is 3.75. The molecule has 3 N–H and O–H groups in total. The minimum Gasteiger partial charge on any atom is -0.383 e. The first-order chi connectivity index (χ1) is 12.9. The van der Waals surface area contributed by atoms with Gasteiger partial charge in [0.05, 0.1) is 22.3 Å². The second-order valence-corrected chi connectivity index (χ2v) is 7.11. The van der Waals surface area contributed by atoms with E-state index in [1.54, 1.807) is 0 Å². The Morgan fingerprint density at radius 3 is 2.41 bits per heavy atom. The summed E-state index contributed by atoms with van der Waals surface area (Å²) in [6.07, 6.45) is 4.95. The van der Waals surface area contributed by atoms with E-state index in [0.717, 1.165) is 12.5 Å². The second-order valence-electron chi connectivity index (χ2n) is 7.11. The van der Waals surface area contributed by atoms with Crippen molar-refractivity contribution in [2.75, 3.05) is 18.4 Å². The molecule has 4 atom stereocenters. The number of hydrogen-bond donors (Lipinski definition) is 2. The van der Waals surface area contributed by atoms with Gasteiger partial charge in [0.25, 0.3) is 11.6 Å². The van der Waals surface area contributed by atoms with Gasteiger partial charge >= 0.3 is 0 Å². The number of fused-ring (bicyclic) bond motifs is 5. The number of benzene rings is 1. The number of anilines is 1. The van der Waals surface area contributed by atoms with Crippen LogP contribution in [0, 0.1) is 33.8 Å². The lowest BCUT2D eigenvalue weighted by Crippen LogP contribution is -2.36. The van der Waals surface area contributed by atoms with Crippen LogP contribution in [0.25, 0.3) is 0 Å². The minimum absolute atomic E-state index is 0.0117. The summed E-state index contributed by atoms with van der Waals surface area (Å²) in [7, 11) is 0. The fourth-order valence-electron chi connectivity index (χ4n) is 4.49. The van der Waals surface area contributed by atoms with Crippen LogP contribution < -0.4 is 11.1 Å². The van der Waals surface area contributed by atoms with Crippen LogP contribution in [0.2, 0.25) is 0 Å². The monoisotopic (exact) mass is 370 g/mol. The first kappa shape index (κ1) is 17.2. The number of likely N-dealkylation sites (tertiary alicyclic amines) is 1. The van der Waals surface area contributed by atoms with Crippen LogP contribution in [0.5, 0.6) is 0 Å². The summed E-state index contributed by atoms with van der Waals surface area (Å²) in [4.78, 5) is 48.3. The minimum atomic E-state index is -0.799. The van der Waals surface area contributed by atoms with Crippen LogP contribution in [-0.4, -0.2) is 40.6 Å². The molecule has 9 heteroatoms. The molecule has 3 amide bonds. The van der Waals surface area contributed by atoms with Gasteiger partial charge in [-0.3, -0.25) is 29.4 Å². The number of non-ortho nitro benzene ring substituents is 1. The van der Waals surface area contributed by atoms with Crippen molar-refractivity contribution in [1.82, 2.24) is 4.90 Å². The van der Waals surface area contributed by atoms with Crippen molar-refractivity contribution in [2.45, 2.75) is 6.42 Å². The maximum absolute atomic E-state index is 12.6. The highest BCUT2D eigenvalue weighted by Gasteiger charge is 2.58. The van der Waals surface area contributed by atoms with Crippen LogP contribution in [0.4, 0.5) is 11.4 Å². The molecular formula is C18H18N4O5. The number of carbonyl (C=O) groups is 3. The average molecular weight is 370 g/mol. The Hall–Kier alpha value is -3.23. The van der Waals surface area contributed by atoms with E-state index in [4.69, 9.17) is 5.73 Å². The van der Waals surface area contributed by atoms with E-state index in [0.29, 0.717) is 5.69 Å². The van der Waals surface area contributed by atoms with Crippen molar-refractivity contribution in [3.8, 4) is 0 Å². The summed E-state index contributed by atoms with van der Waals surface area (Å²) in [5.74, 6) is -1.24. The topological polar surface area (TPSA) is 136 Å². The number of imide groups is 1. The number of nitrogens with two attached hydrogens (primary N) is 1. The molecule has 1 heterocycles. The van der Waals surface area contributed by atoms with Crippen molar-refractivity contribution >= 4 is 29.1 Å². The van der Waals surface area contributed by atoms with Crippen molar-refractivity contribution in [2.24, 2.45) is 29.4 Å². The van der Waals surface area contributed by atoms with Gasteiger partial charge in [0.1, 0.15) is 0 Å². The highest BCUT2D eigenvalue weighted by molar-refractivity contribution is 6.06. The Morgan fingerprint density at radius 2 is 1.85 bits per heavy atom. The quantitative estimate of drug-likeness (QED) is 0.331. The summed E-state index contributed by atoms with van der Waals surface area (Å²) < 4.78 is 0. The normalized spacial score (nSPS) is 27.9. The number of nitro benzene ring substituents is 1. The molecule has 2 aliphatic carbocycles. The largest absolute Gasteiger partial charge is 0.383 e. The van der Waals surface area contributed by atoms with E-state index in [9.17, 15) is 24.5 Å². The van der Waals surface area contributed by atoms with Crippen LogP contribution in [0.15, 0.2) is 30.4 Å². The average Bonchev–Trinajstić information content (AvgIpc) is 3.31. The van der Waals surface area contributed by atoms with Gasteiger partial charge in [0, 0.05) is 30.9 Å². The highest BCUT2D eigenvalue weighted by atomic mass is 16.6. The van der Waals surface area contributed by atoms with Crippen LogP contribution in [0.3, 0.4) is 0 Å². The Morgan fingerprint density at radius 1 is 1.22 bits per heavy atom. The Kier molecular flexibility index (Phi) is 3.94. The second kappa shape index (κ2) is 6.19. The number of nitrogens with one attached hydrogen (secondary N) is 1. The maximum Gasteiger partial charge on any atom is 0.270 e. The zero-order valence-electron chi connectivity index (χ0n) is 14.3. The van der Waals surface area contributed by atoms with Crippen molar-refractivity contribution in [1.29, 1.82) is 0 Å². The Balaban J connectivity index is 1.44. The number of allylic oxidation sites excluding steroid dienone is 2. The predicted octanol–water partition coefficient (Wildman–Crippen LogP) is 0.913. The molecule has 1 aromatic rings. The SMILES string of the molecule is NC(=O)c1cc([N+](=O)[O-])ccc1NCCN1C(=O)[C@@H]2[C@@H](C1=O)[C@H]1C=C[C@@H]2C1. The van der Waals surface area contributed by atoms with Gasteiger partial charge in [0.15, 0.2) is 0 Å². The molecule has 1 saturated heterocycles. The number of primary amides is 1. The molecule has 3 aliphatic rings. The molecule has 140 valence electrons.